The van der Waals surface area contributed by atoms with Gasteiger partial charge in [-0.15, -0.1) is 12.6 Å². The van der Waals surface area contributed by atoms with Gasteiger partial charge in [-0.25, -0.2) is 9.18 Å². The van der Waals surface area contributed by atoms with Crippen LogP contribution in [0.1, 0.15) is 22.8 Å². The predicted molar refractivity (Wildman–Crippen MR) is 54.3 cm³/mol. The lowest BCUT2D eigenvalue weighted by molar-refractivity contribution is 0.0524. The van der Waals surface area contributed by atoms with Crippen molar-refractivity contribution in [3.05, 3.63) is 29.1 Å². The highest BCUT2D eigenvalue weighted by Gasteiger charge is 2.13. The van der Waals surface area contributed by atoms with Gasteiger partial charge in [-0.3, -0.25) is 0 Å². The van der Waals surface area contributed by atoms with E-state index >= 15 is 0 Å². The zero-order valence-electron chi connectivity index (χ0n) is 8.00. The molecule has 0 spiro atoms. The Labute approximate surface area is 87.5 Å². The van der Waals surface area contributed by atoms with Crippen LogP contribution >= 0.6 is 12.6 Å². The monoisotopic (exact) mass is 214 g/mol. The van der Waals surface area contributed by atoms with Gasteiger partial charge in [0.05, 0.1) is 12.2 Å². The van der Waals surface area contributed by atoms with Gasteiger partial charge in [-0.1, -0.05) is 0 Å². The summed E-state index contributed by atoms with van der Waals surface area (Å²) in [6.45, 7) is 3.68. The molecule has 0 atom stereocenters. The summed E-state index contributed by atoms with van der Waals surface area (Å²) in [5.41, 5.74) is 0.866. The second-order valence-electron chi connectivity index (χ2n) is 2.82. The number of ether oxygens (including phenoxy) is 1. The summed E-state index contributed by atoms with van der Waals surface area (Å²) in [5.74, 6) is -0.997. The Hall–Kier alpha value is -1.03. The van der Waals surface area contributed by atoms with Crippen LogP contribution in [0.2, 0.25) is 0 Å². The first-order valence-corrected chi connectivity index (χ1v) is 4.67. The zero-order valence-corrected chi connectivity index (χ0v) is 8.90. The summed E-state index contributed by atoms with van der Waals surface area (Å²) < 4.78 is 17.7. The van der Waals surface area contributed by atoms with E-state index < -0.39 is 11.8 Å². The van der Waals surface area contributed by atoms with Crippen LogP contribution in [0.25, 0.3) is 0 Å². The second-order valence-corrected chi connectivity index (χ2v) is 3.30. The van der Waals surface area contributed by atoms with Crippen molar-refractivity contribution >= 4 is 18.6 Å². The van der Waals surface area contributed by atoms with Crippen LogP contribution in [0.15, 0.2) is 17.0 Å². The third-order valence-electron chi connectivity index (χ3n) is 1.84. The van der Waals surface area contributed by atoms with Gasteiger partial charge in [0, 0.05) is 4.90 Å². The van der Waals surface area contributed by atoms with E-state index in [1.54, 1.807) is 13.8 Å². The number of thiol groups is 1. The molecule has 0 unspecified atom stereocenters. The van der Waals surface area contributed by atoms with Crippen LogP contribution in [-0.2, 0) is 4.74 Å². The third kappa shape index (κ3) is 2.26. The molecule has 0 aliphatic carbocycles. The molecule has 0 amide bonds. The molecule has 0 N–H and O–H groups in total. The lowest BCUT2D eigenvalue weighted by atomic mass is 10.1. The fourth-order valence-electron chi connectivity index (χ4n) is 1.09. The highest BCUT2D eigenvalue weighted by molar-refractivity contribution is 7.80. The van der Waals surface area contributed by atoms with Crippen LogP contribution < -0.4 is 0 Å². The number of esters is 1. The molecule has 0 aromatic heterocycles. The Kier molecular flexibility index (Phi) is 3.52. The van der Waals surface area contributed by atoms with Crippen LogP contribution in [0.3, 0.4) is 0 Å². The van der Waals surface area contributed by atoms with Gasteiger partial charge >= 0.3 is 5.97 Å². The number of halogens is 1. The first kappa shape index (κ1) is 11.0. The molecule has 1 aromatic carbocycles. The average molecular weight is 214 g/mol. The molecule has 0 heterocycles. The quantitative estimate of drug-likeness (QED) is 0.605. The van der Waals surface area contributed by atoms with Gasteiger partial charge in [-0.2, -0.15) is 0 Å². The van der Waals surface area contributed by atoms with Crippen molar-refractivity contribution in [3.8, 4) is 0 Å². The Morgan fingerprint density at radius 1 is 1.57 bits per heavy atom. The summed E-state index contributed by atoms with van der Waals surface area (Å²) >= 11 is 4.05. The molecule has 2 nitrogen and oxygen atoms in total. The van der Waals surface area contributed by atoms with Gasteiger partial charge in [0.1, 0.15) is 5.82 Å². The molecule has 14 heavy (non-hydrogen) atoms. The van der Waals surface area contributed by atoms with Crippen LogP contribution in [0.5, 0.6) is 0 Å². The molecule has 0 aliphatic rings. The fraction of sp³-hybridized carbons (Fsp3) is 0.300. The molecule has 1 rings (SSSR count). The first-order valence-electron chi connectivity index (χ1n) is 4.22. The fourth-order valence-corrected chi connectivity index (χ4v) is 1.33. The molecule has 76 valence electrons. The van der Waals surface area contributed by atoms with Crippen molar-refractivity contribution in [1.82, 2.24) is 0 Å². The van der Waals surface area contributed by atoms with E-state index in [4.69, 9.17) is 4.74 Å². The number of benzene rings is 1. The van der Waals surface area contributed by atoms with Crippen molar-refractivity contribution in [2.75, 3.05) is 6.61 Å². The van der Waals surface area contributed by atoms with E-state index in [1.807, 2.05) is 0 Å². The summed E-state index contributed by atoms with van der Waals surface area (Å²) in [4.78, 5) is 11.8. The molecule has 1 aromatic rings. The van der Waals surface area contributed by atoms with Crippen molar-refractivity contribution in [1.29, 1.82) is 0 Å². The minimum absolute atomic E-state index is 0.233. The highest BCUT2D eigenvalue weighted by Crippen LogP contribution is 2.20. The van der Waals surface area contributed by atoms with Crippen molar-refractivity contribution in [2.24, 2.45) is 0 Å². The molecule has 0 aliphatic heterocycles. The molecule has 0 radical (unpaired) electrons. The summed E-state index contributed by atoms with van der Waals surface area (Å²) in [6.07, 6.45) is 0. The maximum Gasteiger partial charge on any atom is 0.338 e. The molecule has 4 heteroatoms. The minimum atomic E-state index is -0.514. The van der Waals surface area contributed by atoms with Gasteiger partial charge in [-0.05, 0) is 31.5 Å². The lowest BCUT2D eigenvalue weighted by Crippen LogP contribution is -2.07. The molecular formula is C10H11FO2S. The Morgan fingerprint density at radius 2 is 2.21 bits per heavy atom. The lowest BCUT2D eigenvalue weighted by Gasteiger charge is -2.07. The van der Waals surface area contributed by atoms with Gasteiger partial charge in [0.2, 0.25) is 0 Å². The maximum atomic E-state index is 13.0. The maximum absolute atomic E-state index is 13.0. The van der Waals surface area contributed by atoms with Crippen LogP contribution in [0, 0.1) is 12.7 Å². The standard InChI is InChI=1S/C10H11FO2S/c1-3-13-10(12)8-4-7(11)5-9(14)6(8)2/h4-5,14H,3H2,1-2H3. The van der Waals surface area contributed by atoms with Crippen molar-refractivity contribution in [2.45, 2.75) is 18.7 Å². The number of carbonyl (C=O) groups is 1. The number of hydrogen-bond acceptors (Lipinski definition) is 3. The van der Waals surface area contributed by atoms with E-state index in [2.05, 4.69) is 12.6 Å². The molecular weight excluding hydrogens is 203 g/mol. The minimum Gasteiger partial charge on any atom is -0.462 e. The van der Waals surface area contributed by atoms with E-state index in [0.717, 1.165) is 6.07 Å². The van der Waals surface area contributed by atoms with E-state index in [0.29, 0.717) is 10.5 Å². The second kappa shape index (κ2) is 4.46. The van der Waals surface area contributed by atoms with Crippen LogP contribution in [0.4, 0.5) is 4.39 Å². The van der Waals surface area contributed by atoms with Gasteiger partial charge in [0.15, 0.2) is 0 Å². The Morgan fingerprint density at radius 3 is 2.79 bits per heavy atom. The molecule has 0 saturated carbocycles. The van der Waals surface area contributed by atoms with Crippen LogP contribution in [-0.4, -0.2) is 12.6 Å². The predicted octanol–water partition coefficient (Wildman–Crippen LogP) is 2.60. The average Bonchev–Trinajstić information content (AvgIpc) is 2.11. The third-order valence-corrected chi connectivity index (χ3v) is 2.30. The molecule has 0 bridgehead atoms. The van der Waals surface area contributed by atoms with Gasteiger partial charge < -0.3 is 4.74 Å². The largest absolute Gasteiger partial charge is 0.462 e. The van der Waals surface area contributed by atoms with E-state index in [9.17, 15) is 9.18 Å². The summed E-state index contributed by atoms with van der Waals surface area (Å²) in [7, 11) is 0. The number of carbonyl (C=O) groups excluding carboxylic acids is 1. The number of rotatable bonds is 2. The Balaban J connectivity index is 3.13. The number of hydrogen-bond donors (Lipinski definition) is 1. The zero-order chi connectivity index (χ0) is 10.7. The smallest absolute Gasteiger partial charge is 0.338 e. The topological polar surface area (TPSA) is 26.3 Å². The Bertz CT molecular complexity index is 363. The molecule has 0 fully saturated rings. The first-order chi connectivity index (χ1) is 6.56. The SMILES string of the molecule is CCOC(=O)c1cc(F)cc(S)c1C. The van der Waals surface area contributed by atoms with E-state index in [-0.39, 0.29) is 12.2 Å². The highest BCUT2D eigenvalue weighted by atomic mass is 32.1. The van der Waals surface area contributed by atoms with Crippen molar-refractivity contribution in [3.63, 3.8) is 0 Å². The van der Waals surface area contributed by atoms with Gasteiger partial charge in [0.25, 0.3) is 0 Å². The van der Waals surface area contributed by atoms with Crippen molar-refractivity contribution < 1.29 is 13.9 Å². The van der Waals surface area contributed by atoms with E-state index in [1.165, 1.54) is 6.07 Å². The molecule has 0 saturated heterocycles. The summed E-state index contributed by atoms with van der Waals surface area (Å²) in [5, 5.41) is 0. The normalized spacial score (nSPS) is 10.0. The summed E-state index contributed by atoms with van der Waals surface area (Å²) in [6, 6.07) is 2.42.